The molecule has 2 rings (SSSR count). The maximum Gasteiger partial charge on any atom is 0.343 e. The minimum atomic E-state index is -1.38. The lowest BCUT2D eigenvalue weighted by molar-refractivity contribution is 0.0694. The van der Waals surface area contributed by atoms with Crippen molar-refractivity contribution in [3.05, 3.63) is 44.6 Å². The van der Waals surface area contributed by atoms with Crippen molar-refractivity contribution in [3.8, 4) is 0 Å². The van der Waals surface area contributed by atoms with Gasteiger partial charge in [0.25, 0.3) is 11.1 Å². The molecule has 0 bridgehead atoms. The van der Waals surface area contributed by atoms with Crippen molar-refractivity contribution in [1.29, 1.82) is 0 Å². The zero-order valence-corrected chi connectivity index (χ0v) is 7.30. The van der Waals surface area contributed by atoms with E-state index in [9.17, 15) is 14.4 Å². The summed E-state index contributed by atoms with van der Waals surface area (Å²) in [5.74, 6) is -1.38. The number of carboxylic acids is 1. The van der Waals surface area contributed by atoms with Gasteiger partial charge in [-0.1, -0.05) is 0 Å². The molecule has 2 aromatic rings. The molecule has 76 valence electrons. The largest absolute Gasteiger partial charge is 0.477 e. The molecular weight excluding hydrogens is 202 g/mol. The highest BCUT2D eigenvalue weighted by molar-refractivity contribution is 5.86. The topological polar surface area (TPSA) is 105 Å². The molecule has 0 aliphatic rings. The molecule has 0 atom stereocenters. The number of carboxylic acid groups (broad SMARTS) is 1. The Bertz CT molecular complexity index is 655. The number of hydrogen-bond acceptors (Lipinski definition) is 4. The Labute approximate surface area is 81.6 Å². The quantitative estimate of drug-likeness (QED) is 0.629. The molecule has 0 radical (unpaired) electrons. The van der Waals surface area contributed by atoms with Crippen LogP contribution < -0.4 is 11.1 Å². The van der Waals surface area contributed by atoms with Crippen LogP contribution in [0.1, 0.15) is 10.4 Å². The number of nitrogens with zero attached hydrogens (tertiary/aromatic N) is 2. The second kappa shape index (κ2) is 3.05. The van der Waals surface area contributed by atoms with Gasteiger partial charge in [0.15, 0.2) is 5.65 Å². The first kappa shape index (κ1) is 9.13. The third-order valence-corrected chi connectivity index (χ3v) is 1.82. The number of fused-ring (bicyclic) bond motifs is 1. The Hall–Kier alpha value is -2.44. The summed E-state index contributed by atoms with van der Waals surface area (Å²) in [5, 5.41) is 10.8. The summed E-state index contributed by atoms with van der Waals surface area (Å²) in [7, 11) is 0. The van der Waals surface area contributed by atoms with Gasteiger partial charge in [-0.25, -0.2) is 9.78 Å². The van der Waals surface area contributed by atoms with Crippen molar-refractivity contribution < 1.29 is 9.90 Å². The minimum absolute atomic E-state index is 0.185. The second-order valence-electron chi connectivity index (χ2n) is 2.79. The molecule has 0 saturated heterocycles. The van der Waals surface area contributed by atoms with Crippen molar-refractivity contribution in [1.82, 2.24) is 14.6 Å². The van der Waals surface area contributed by atoms with E-state index in [2.05, 4.69) is 10.1 Å². The number of rotatable bonds is 1. The standard InChI is InChI=1S/C8H5N3O4/c12-6-2-1-5-9-3-4(8(14)15)7(13)11(5)10-6/h1-3H,(H,10,12)(H,14,15). The maximum atomic E-state index is 11.5. The lowest BCUT2D eigenvalue weighted by atomic mass is 10.3. The monoisotopic (exact) mass is 207 g/mol. The Kier molecular flexibility index (Phi) is 1.86. The number of aromatic amines is 1. The summed E-state index contributed by atoms with van der Waals surface area (Å²) in [6.07, 6.45) is 0.957. The van der Waals surface area contributed by atoms with Crippen LogP contribution in [0.4, 0.5) is 0 Å². The predicted molar refractivity (Wildman–Crippen MR) is 49.0 cm³/mol. The van der Waals surface area contributed by atoms with Crippen LogP contribution >= 0.6 is 0 Å². The van der Waals surface area contributed by atoms with Gasteiger partial charge in [-0.15, -0.1) is 0 Å². The normalized spacial score (nSPS) is 10.4. The van der Waals surface area contributed by atoms with Gasteiger partial charge in [-0.2, -0.15) is 4.52 Å². The molecule has 7 nitrogen and oxygen atoms in total. The lowest BCUT2D eigenvalue weighted by Crippen LogP contribution is -2.27. The van der Waals surface area contributed by atoms with Gasteiger partial charge in [-0.05, 0) is 6.07 Å². The van der Waals surface area contributed by atoms with Gasteiger partial charge in [0.1, 0.15) is 5.56 Å². The lowest BCUT2D eigenvalue weighted by Gasteiger charge is -1.99. The predicted octanol–water partition coefficient (Wildman–Crippen LogP) is -0.919. The van der Waals surface area contributed by atoms with Crippen LogP contribution in [-0.4, -0.2) is 25.7 Å². The average Bonchev–Trinajstić information content (AvgIpc) is 2.19. The van der Waals surface area contributed by atoms with E-state index in [1.54, 1.807) is 0 Å². The van der Waals surface area contributed by atoms with Gasteiger partial charge < -0.3 is 5.11 Å². The first-order valence-electron chi connectivity index (χ1n) is 3.94. The zero-order chi connectivity index (χ0) is 11.0. The van der Waals surface area contributed by atoms with E-state index in [0.29, 0.717) is 0 Å². The van der Waals surface area contributed by atoms with Gasteiger partial charge in [0, 0.05) is 12.3 Å². The molecule has 15 heavy (non-hydrogen) atoms. The van der Waals surface area contributed by atoms with Crippen LogP contribution in [0.5, 0.6) is 0 Å². The highest BCUT2D eigenvalue weighted by atomic mass is 16.4. The van der Waals surface area contributed by atoms with E-state index in [0.717, 1.165) is 10.7 Å². The Balaban J connectivity index is 2.95. The summed E-state index contributed by atoms with van der Waals surface area (Å²) in [6.45, 7) is 0. The first-order valence-corrected chi connectivity index (χ1v) is 3.94. The Morgan fingerprint density at radius 1 is 1.40 bits per heavy atom. The summed E-state index contributed by atoms with van der Waals surface area (Å²) in [6, 6.07) is 2.52. The van der Waals surface area contributed by atoms with Crippen LogP contribution in [0.2, 0.25) is 0 Å². The Morgan fingerprint density at radius 2 is 2.13 bits per heavy atom. The third kappa shape index (κ3) is 1.39. The molecule has 7 heteroatoms. The van der Waals surface area contributed by atoms with Crippen LogP contribution in [0.25, 0.3) is 5.65 Å². The molecule has 0 aliphatic heterocycles. The SMILES string of the molecule is O=C(O)c1cnc2ccc(=O)[nH]n2c1=O. The molecule has 0 amide bonds. The van der Waals surface area contributed by atoms with Crippen molar-refractivity contribution in [2.45, 2.75) is 0 Å². The van der Waals surface area contributed by atoms with Crippen LogP contribution in [0, 0.1) is 0 Å². The number of nitrogens with one attached hydrogen (secondary N) is 1. The van der Waals surface area contributed by atoms with Gasteiger partial charge in [0.2, 0.25) is 0 Å². The average molecular weight is 207 g/mol. The third-order valence-electron chi connectivity index (χ3n) is 1.82. The van der Waals surface area contributed by atoms with Crippen molar-refractivity contribution in [2.75, 3.05) is 0 Å². The van der Waals surface area contributed by atoms with Crippen molar-refractivity contribution >= 4 is 11.6 Å². The molecule has 2 N–H and O–H groups in total. The van der Waals surface area contributed by atoms with Crippen LogP contribution in [0.15, 0.2) is 27.9 Å². The summed E-state index contributed by atoms with van der Waals surface area (Å²) < 4.78 is 0.797. The van der Waals surface area contributed by atoms with E-state index in [-0.39, 0.29) is 5.65 Å². The molecule has 2 heterocycles. The smallest absolute Gasteiger partial charge is 0.343 e. The molecule has 0 saturated carbocycles. The molecule has 0 unspecified atom stereocenters. The highest BCUT2D eigenvalue weighted by Crippen LogP contribution is 1.93. The highest BCUT2D eigenvalue weighted by Gasteiger charge is 2.11. The molecule has 0 spiro atoms. The summed E-state index contributed by atoms with van der Waals surface area (Å²) >= 11 is 0. The molecule has 0 aromatic carbocycles. The van der Waals surface area contributed by atoms with Crippen molar-refractivity contribution in [2.24, 2.45) is 0 Å². The molecular formula is C8H5N3O4. The van der Waals surface area contributed by atoms with E-state index in [1.165, 1.54) is 12.1 Å². The van der Waals surface area contributed by atoms with Crippen LogP contribution in [0.3, 0.4) is 0 Å². The number of carbonyl (C=O) groups is 1. The number of aromatic carboxylic acids is 1. The molecule has 0 fully saturated rings. The fourth-order valence-corrected chi connectivity index (χ4v) is 1.14. The van der Waals surface area contributed by atoms with E-state index in [1.807, 2.05) is 0 Å². The molecule has 0 aliphatic carbocycles. The van der Waals surface area contributed by atoms with E-state index >= 15 is 0 Å². The summed E-state index contributed by atoms with van der Waals surface area (Å²) in [4.78, 5) is 36.7. The number of aromatic nitrogens is 3. The fourth-order valence-electron chi connectivity index (χ4n) is 1.14. The van der Waals surface area contributed by atoms with Gasteiger partial charge in [-0.3, -0.25) is 14.7 Å². The van der Waals surface area contributed by atoms with Gasteiger partial charge >= 0.3 is 5.97 Å². The number of hydrogen-bond donors (Lipinski definition) is 2. The second-order valence-corrected chi connectivity index (χ2v) is 2.79. The Morgan fingerprint density at radius 3 is 2.80 bits per heavy atom. The first-order chi connectivity index (χ1) is 7.09. The van der Waals surface area contributed by atoms with Crippen LogP contribution in [-0.2, 0) is 0 Å². The summed E-state index contributed by atoms with van der Waals surface area (Å²) in [5.41, 5.74) is -1.63. The van der Waals surface area contributed by atoms with Gasteiger partial charge in [0.05, 0.1) is 0 Å². The van der Waals surface area contributed by atoms with E-state index < -0.39 is 22.7 Å². The minimum Gasteiger partial charge on any atom is -0.477 e. The maximum absolute atomic E-state index is 11.5. The van der Waals surface area contributed by atoms with Crippen molar-refractivity contribution in [3.63, 3.8) is 0 Å². The zero-order valence-electron chi connectivity index (χ0n) is 7.30. The number of H-pyrrole nitrogens is 1. The molecule has 2 aromatic heterocycles. The fraction of sp³-hybridized carbons (Fsp3) is 0. The van der Waals surface area contributed by atoms with E-state index in [4.69, 9.17) is 5.11 Å².